The molecule has 5 nitrogen and oxygen atoms in total. The maximum atomic E-state index is 12.7. The van der Waals surface area contributed by atoms with Gasteiger partial charge in [-0.25, -0.2) is 0 Å². The Morgan fingerprint density at radius 2 is 1.96 bits per heavy atom. The molecule has 1 aromatic carbocycles. The number of likely N-dealkylation sites (tertiary alicyclic amines) is 1. The lowest BCUT2D eigenvalue weighted by molar-refractivity contribution is -0.134. The summed E-state index contributed by atoms with van der Waals surface area (Å²) in [6, 6.07) is 8.20. The predicted molar refractivity (Wildman–Crippen MR) is 106 cm³/mol. The normalized spacial score (nSPS) is 23.4. The SMILES string of the molecule is C=CC(=O)NCC1(C)CCN(C(=O)C[C@@H]2C[C@H]2c2ccc(OC)cc2)CC1. The van der Waals surface area contributed by atoms with E-state index in [9.17, 15) is 9.59 Å². The Morgan fingerprint density at radius 1 is 1.30 bits per heavy atom. The molecular weight excluding hydrogens is 340 g/mol. The molecule has 0 aromatic heterocycles. The molecule has 2 fully saturated rings. The van der Waals surface area contributed by atoms with Crippen molar-refractivity contribution in [3.63, 3.8) is 0 Å². The number of amides is 2. The summed E-state index contributed by atoms with van der Waals surface area (Å²) in [5, 5.41) is 2.89. The van der Waals surface area contributed by atoms with Gasteiger partial charge in [0.05, 0.1) is 7.11 Å². The predicted octanol–water partition coefficient (Wildman–Crippen LogP) is 3.12. The Labute approximate surface area is 161 Å². The number of nitrogens with zero attached hydrogens (tertiary/aromatic N) is 1. The standard InChI is InChI=1S/C22H30N2O3/c1-4-20(25)23-15-22(2)9-11-24(12-10-22)21(26)14-17-13-19(17)16-5-7-18(27-3)8-6-16/h4-8,17,19H,1,9-15H2,2-3H3,(H,23,25)/t17-,19-/m0/s1. The van der Waals surface area contributed by atoms with E-state index in [0.29, 0.717) is 24.8 Å². The Morgan fingerprint density at radius 3 is 2.56 bits per heavy atom. The lowest BCUT2D eigenvalue weighted by atomic mass is 9.80. The molecule has 2 atom stereocenters. The number of carbonyl (C=O) groups excluding carboxylic acids is 2. The molecular formula is C22H30N2O3. The second-order valence-corrected chi connectivity index (χ2v) is 8.19. The van der Waals surface area contributed by atoms with Crippen LogP contribution >= 0.6 is 0 Å². The zero-order valence-corrected chi connectivity index (χ0v) is 16.4. The Kier molecular flexibility index (Phi) is 5.88. The number of hydrogen-bond donors (Lipinski definition) is 1. The van der Waals surface area contributed by atoms with Gasteiger partial charge in [0.15, 0.2) is 0 Å². The second-order valence-electron chi connectivity index (χ2n) is 8.19. The van der Waals surface area contributed by atoms with Crippen molar-refractivity contribution in [3.05, 3.63) is 42.5 Å². The molecule has 2 aliphatic rings. The van der Waals surface area contributed by atoms with Crippen LogP contribution in [0.4, 0.5) is 0 Å². The molecule has 146 valence electrons. The van der Waals surface area contributed by atoms with Crippen LogP contribution in [0.2, 0.25) is 0 Å². The molecule has 1 aromatic rings. The van der Waals surface area contributed by atoms with E-state index in [1.807, 2.05) is 17.0 Å². The van der Waals surface area contributed by atoms with Crippen molar-refractivity contribution in [3.8, 4) is 5.75 Å². The number of rotatable bonds is 7. The molecule has 0 unspecified atom stereocenters. The van der Waals surface area contributed by atoms with Gasteiger partial charge >= 0.3 is 0 Å². The van der Waals surface area contributed by atoms with Gasteiger partial charge in [0, 0.05) is 26.1 Å². The van der Waals surface area contributed by atoms with Gasteiger partial charge in [-0.05, 0) is 60.3 Å². The van der Waals surface area contributed by atoms with Crippen LogP contribution in [0.15, 0.2) is 36.9 Å². The van der Waals surface area contributed by atoms with Gasteiger partial charge in [0.1, 0.15) is 5.75 Å². The number of nitrogens with one attached hydrogen (secondary N) is 1. The van der Waals surface area contributed by atoms with E-state index in [1.165, 1.54) is 11.6 Å². The van der Waals surface area contributed by atoms with Crippen LogP contribution in [0.25, 0.3) is 0 Å². The average molecular weight is 370 g/mol. The fraction of sp³-hybridized carbons (Fsp3) is 0.545. The van der Waals surface area contributed by atoms with Crippen LogP contribution in [0.5, 0.6) is 5.75 Å². The van der Waals surface area contributed by atoms with E-state index in [2.05, 4.69) is 31.0 Å². The third kappa shape index (κ3) is 4.90. The van der Waals surface area contributed by atoms with Crippen LogP contribution < -0.4 is 10.1 Å². The summed E-state index contributed by atoms with van der Waals surface area (Å²) in [5.41, 5.74) is 1.36. The first-order valence-corrected chi connectivity index (χ1v) is 9.76. The Hall–Kier alpha value is -2.30. The zero-order valence-electron chi connectivity index (χ0n) is 16.4. The molecule has 1 N–H and O–H groups in total. The second kappa shape index (κ2) is 8.15. The molecule has 1 aliphatic heterocycles. The number of ether oxygens (including phenoxy) is 1. The highest BCUT2D eigenvalue weighted by molar-refractivity contribution is 5.86. The summed E-state index contributed by atoms with van der Waals surface area (Å²) in [4.78, 5) is 26.1. The molecule has 1 saturated carbocycles. The van der Waals surface area contributed by atoms with Gasteiger partial charge in [-0.3, -0.25) is 9.59 Å². The quantitative estimate of drug-likeness (QED) is 0.750. The molecule has 1 heterocycles. The van der Waals surface area contributed by atoms with E-state index < -0.39 is 0 Å². The zero-order chi connectivity index (χ0) is 19.4. The van der Waals surface area contributed by atoms with Crippen molar-refractivity contribution in [2.45, 2.75) is 38.5 Å². The van der Waals surface area contributed by atoms with E-state index in [0.717, 1.165) is 38.1 Å². The van der Waals surface area contributed by atoms with Crippen molar-refractivity contribution < 1.29 is 14.3 Å². The van der Waals surface area contributed by atoms with Crippen molar-refractivity contribution >= 4 is 11.8 Å². The fourth-order valence-electron chi connectivity index (χ4n) is 3.93. The van der Waals surface area contributed by atoms with E-state index in [-0.39, 0.29) is 17.2 Å². The van der Waals surface area contributed by atoms with Gasteiger partial charge in [0.25, 0.3) is 0 Å². The summed E-state index contributed by atoms with van der Waals surface area (Å²) >= 11 is 0. The minimum absolute atomic E-state index is 0.0562. The largest absolute Gasteiger partial charge is 0.497 e. The lowest BCUT2D eigenvalue weighted by Gasteiger charge is -2.39. The summed E-state index contributed by atoms with van der Waals surface area (Å²) in [6.45, 7) is 7.86. The molecule has 2 amide bonds. The van der Waals surface area contributed by atoms with E-state index in [1.54, 1.807) is 7.11 Å². The van der Waals surface area contributed by atoms with Crippen LogP contribution in [0, 0.1) is 11.3 Å². The van der Waals surface area contributed by atoms with Gasteiger partial charge < -0.3 is 15.0 Å². The number of piperidine rings is 1. The van der Waals surface area contributed by atoms with Gasteiger partial charge in [-0.1, -0.05) is 25.6 Å². The summed E-state index contributed by atoms with van der Waals surface area (Å²) in [7, 11) is 1.67. The fourth-order valence-corrected chi connectivity index (χ4v) is 3.93. The minimum Gasteiger partial charge on any atom is -0.497 e. The minimum atomic E-state index is -0.131. The van der Waals surface area contributed by atoms with Crippen molar-refractivity contribution in [2.75, 3.05) is 26.7 Å². The van der Waals surface area contributed by atoms with Crippen LogP contribution in [-0.2, 0) is 9.59 Å². The lowest BCUT2D eigenvalue weighted by Crippen LogP contribution is -2.46. The van der Waals surface area contributed by atoms with Gasteiger partial charge in [-0.15, -0.1) is 0 Å². The molecule has 1 aliphatic carbocycles. The number of hydrogen-bond acceptors (Lipinski definition) is 3. The van der Waals surface area contributed by atoms with Crippen molar-refractivity contribution in [1.82, 2.24) is 10.2 Å². The summed E-state index contributed by atoms with van der Waals surface area (Å²) in [5.74, 6) is 1.98. The molecule has 3 rings (SSSR count). The van der Waals surface area contributed by atoms with Crippen LogP contribution in [0.3, 0.4) is 0 Å². The van der Waals surface area contributed by atoms with E-state index >= 15 is 0 Å². The summed E-state index contributed by atoms with van der Waals surface area (Å²) < 4.78 is 5.20. The highest BCUT2D eigenvalue weighted by Gasteiger charge is 2.41. The third-order valence-electron chi connectivity index (χ3n) is 6.10. The summed E-state index contributed by atoms with van der Waals surface area (Å²) in [6.07, 6.45) is 4.88. The van der Waals surface area contributed by atoms with Crippen LogP contribution in [-0.4, -0.2) is 43.5 Å². The third-order valence-corrected chi connectivity index (χ3v) is 6.10. The highest BCUT2D eigenvalue weighted by atomic mass is 16.5. The van der Waals surface area contributed by atoms with Gasteiger partial charge in [0.2, 0.25) is 11.8 Å². The molecule has 0 spiro atoms. The number of benzene rings is 1. The highest BCUT2D eigenvalue weighted by Crippen LogP contribution is 2.50. The van der Waals surface area contributed by atoms with Crippen molar-refractivity contribution in [1.29, 1.82) is 0 Å². The first-order valence-electron chi connectivity index (χ1n) is 9.76. The Bertz CT molecular complexity index is 690. The smallest absolute Gasteiger partial charge is 0.243 e. The molecule has 0 bridgehead atoms. The monoisotopic (exact) mass is 370 g/mol. The first kappa shape index (κ1) is 19.5. The maximum Gasteiger partial charge on any atom is 0.243 e. The van der Waals surface area contributed by atoms with Crippen LogP contribution in [0.1, 0.15) is 44.1 Å². The molecule has 27 heavy (non-hydrogen) atoms. The van der Waals surface area contributed by atoms with Gasteiger partial charge in [-0.2, -0.15) is 0 Å². The first-order chi connectivity index (χ1) is 12.9. The number of methoxy groups -OCH3 is 1. The number of carbonyl (C=O) groups is 2. The van der Waals surface area contributed by atoms with E-state index in [4.69, 9.17) is 4.74 Å². The molecule has 1 saturated heterocycles. The molecule has 5 heteroatoms. The Balaban J connectivity index is 1.43. The average Bonchev–Trinajstić information content (AvgIpc) is 3.45. The maximum absolute atomic E-state index is 12.7. The topological polar surface area (TPSA) is 58.6 Å². The van der Waals surface area contributed by atoms with Crippen molar-refractivity contribution in [2.24, 2.45) is 11.3 Å². The molecule has 0 radical (unpaired) electrons.